The number of anilines is 1. The lowest BCUT2D eigenvalue weighted by Gasteiger charge is -2.12. The fraction of sp³-hybridized carbons (Fsp3) is 0.240. The van der Waals surface area contributed by atoms with Crippen LogP contribution in [-0.4, -0.2) is 20.7 Å². The molecule has 0 unspecified atom stereocenters. The molecule has 0 atom stereocenters. The molecule has 0 aliphatic heterocycles. The number of aromatic nitrogens is 3. The smallest absolute Gasteiger partial charge is 0.224 e. The zero-order chi connectivity index (χ0) is 22.1. The number of fused-ring (bicyclic) bond motifs is 1. The van der Waals surface area contributed by atoms with E-state index in [1.54, 1.807) is 18.2 Å². The number of rotatable bonds is 5. The van der Waals surface area contributed by atoms with E-state index in [4.69, 9.17) is 10.1 Å². The molecule has 2 aromatic heterocycles. The Balaban J connectivity index is 1.62. The molecule has 31 heavy (non-hydrogen) atoms. The quantitative estimate of drug-likeness (QED) is 0.476. The molecule has 0 aliphatic rings. The highest BCUT2D eigenvalue weighted by Gasteiger charge is 2.18. The first-order valence-corrected chi connectivity index (χ1v) is 10.3. The van der Waals surface area contributed by atoms with Crippen LogP contribution in [0.1, 0.15) is 34.5 Å². The summed E-state index contributed by atoms with van der Waals surface area (Å²) in [4.78, 5) is 17.2. The zero-order valence-electron chi connectivity index (χ0n) is 18.2. The van der Waals surface area contributed by atoms with Crippen molar-refractivity contribution in [3.8, 4) is 5.69 Å². The van der Waals surface area contributed by atoms with Crippen LogP contribution in [-0.2, 0) is 11.2 Å². The third-order valence-corrected chi connectivity index (χ3v) is 5.60. The molecule has 5 nitrogen and oxygen atoms in total. The molecular formula is C25H25FN4O. The van der Waals surface area contributed by atoms with Gasteiger partial charge in [-0.1, -0.05) is 29.8 Å². The Kier molecular flexibility index (Phi) is 5.55. The minimum absolute atomic E-state index is 0.199. The minimum atomic E-state index is -0.439. The number of carbonyl (C=O) groups is 1. The molecule has 2 heterocycles. The standard InChI is InChI=1S/C25H25FN4O/c1-15-9-11-19(12-10-15)30-25-24(18(4)29-30)16(2)20(17(3)27-25)13-14-23(31)28-22-8-6-5-7-21(22)26/h5-12H,13-14H2,1-4H3,(H,28,31). The van der Waals surface area contributed by atoms with E-state index in [9.17, 15) is 9.18 Å². The maximum Gasteiger partial charge on any atom is 0.224 e. The fourth-order valence-corrected chi connectivity index (χ4v) is 3.95. The van der Waals surface area contributed by atoms with Crippen LogP contribution >= 0.6 is 0 Å². The van der Waals surface area contributed by atoms with Crippen molar-refractivity contribution < 1.29 is 9.18 Å². The second-order valence-electron chi connectivity index (χ2n) is 7.86. The summed E-state index contributed by atoms with van der Waals surface area (Å²) in [5.74, 6) is -0.665. The number of aryl methyl sites for hydroxylation is 4. The summed E-state index contributed by atoms with van der Waals surface area (Å²) in [5.41, 5.74) is 7.05. The predicted molar refractivity (Wildman–Crippen MR) is 121 cm³/mol. The van der Waals surface area contributed by atoms with Gasteiger partial charge in [-0.15, -0.1) is 0 Å². The van der Waals surface area contributed by atoms with Crippen LogP contribution in [0.15, 0.2) is 48.5 Å². The Hall–Kier alpha value is -3.54. The number of amides is 1. The highest BCUT2D eigenvalue weighted by atomic mass is 19.1. The van der Waals surface area contributed by atoms with Gasteiger partial charge in [0, 0.05) is 17.5 Å². The summed E-state index contributed by atoms with van der Waals surface area (Å²) in [5, 5.41) is 8.38. The molecule has 0 fully saturated rings. The van der Waals surface area contributed by atoms with Crippen LogP contribution in [0.25, 0.3) is 16.7 Å². The Labute approximate surface area is 180 Å². The van der Waals surface area contributed by atoms with Gasteiger partial charge in [0.2, 0.25) is 5.91 Å². The number of nitrogens with one attached hydrogen (secondary N) is 1. The van der Waals surface area contributed by atoms with Gasteiger partial charge < -0.3 is 5.32 Å². The van der Waals surface area contributed by atoms with Crippen LogP contribution in [0.2, 0.25) is 0 Å². The number of benzene rings is 2. The molecule has 158 valence electrons. The average Bonchev–Trinajstić information content (AvgIpc) is 3.06. The van der Waals surface area contributed by atoms with Crippen LogP contribution in [0.3, 0.4) is 0 Å². The maximum atomic E-state index is 13.8. The molecule has 4 rings (SSSR count). The van der Waals surface area contributed by atoms with Crippen molar-refractivity contribution in [3.05, 3.63) is 82.4 Å². The molecule has 0 saturated heterocycles. The summed E-state index contributed by atoms with van der Waals surface area (Å²) in [6.45, 7) is 8.04. The van der Waals surface area contributed by atoms with Gasteiger partial charge in [0.1, 0.15) is 5.82 Å². The number of hydrogen-bond donors (Lipinski definition) is 1. The van der Waals surface area contributed by atoms with E-state index in [1.165, 1.54) is 11.6 Å². The first-order valence-electron chi connectivity index (χ1n) is 10.3. The van der Waals surface area contributed by atoms with E-state index >= 15 is 0 Å². The van der Waals surface area contributed by atoms with Gasteiger partial charge in [0.05, 0.1) is 17.1 Å². The summed E-state index contributed by atoms with van der Waals surface area (Å²) >= 11 is 0. The third kappa shape index (κ3) is 4.06. The van der Waals surface area contributed by atoms with Gasteiger partial charge in [-0.2, -0.15) is 5.10 Å². The van der Waals surface area contributed by atoms with E-state index in [2.05, 4.69) is 31.3 Å². The van der Waals surface area contributed by atoms with Gasteiger partial charge in [0.25, 0.3) is 0 Å². The fourth-order valence-electron chi connectivity index (χ4n) is 3.95. The van der Waals surface area contributed by atoms with E-state index in [0.717, 1.165) is 39.2 Å². The van der Waals surface area contributed by atoms with Crippen molar-refractivity contribution >= 4 is 22.6 Å². The van der Waals surface area contributed by atoms with Crippen molar-refractivity contribution in [2.75, 3.05) is 5.32 Å². The summed E-state index contributed by atoms with van der Waals surface area (Å²) in [6, 6.07) is 14.4. The topological polar surface area (TPSA) is 59.8 Å². The summed E-state index contributed by atoms with van der Waals surface area (Å²) < 4.78 is 15.7. The summed E-state index contributed by atoms with van der Waals surface area (Å²) in [7, 11) is 0. The molecule has 2 aromatic carbocycles. The third-order valence-electron chi connectivity index (χ3n) is 5.60. The van der Waals surface area contributed by atoms with Gasteiger partial charge in [-0.25, -0.2) is 14.1 Å². The molecule has 0 spiro atoms. The zero-order valence-corrected chi connectivity index (χ0v) is 18.2. The van der Waals surface area contributed by atoms with Crippen molar-refractivity contribution in [1.82, 2.24) is 14.8 Å². The van der Waals surface area contributed by atoms with Crippen molar-refractivity contribution in [1.29, 1.82) is 0 Å². The van der Waals surface area contributed by atoms with Crippen molar-refractivity contribution in [3.63, 3.8) is 0 Å². The SMILES string of the molecule is Cc1ccc(-n2nc(C)c3c(C)c(CCC(=O)Nc4ccccc4F)c(C)nc32)cc1. The Morgan fingerprint density at radius 1 is 1.00 bits per heavy atom. The van der Waals surface area contributed by atoms with E-state index in [0.29, 0.717) is 6.42 Å². The van der Waals surface area contributed by atoms with Gasteiger partial charge in [-0.3, -0.25) is 4.79 Å². The highest BCUT2D eigenvalue weighted by molar-refractivity contribution is 5.91. The molecule has 6 heteroatoms. The van der Waals surface area contributed by atoms with E-state index < -0.39 is 5.82 Å². The Bertz CT molecular complexity index is 1280. The van der Waals surface area contributed by atoms with Crippen LogP contribution in [0.5, 0.6) is 0 Å². The number of carbonyl (C=O) groups excluding carboxylic acids is 1. The normalized spacial score (nSPS) is 11.1. The van der Waals surface area contributed by atoms with Crippen LogP contribution in [0.4, 0.5) is 10.1 Å². The molecular weight excluding hydrogens is 391 g/mol. The lowest BCUT2D eigenvalue weighted by atomic mass is 9.99. The monoisotopic (exact) mass is 416 g/mol. The second kappa shape index (κ2) is 8.30. The first-order chi connectivity index (χ1) is 14.8. The first kappa shape index (κ1) is 20.7. The van der Waals surface area contributed by atoms with Gasteiger partial charge in [0.15, 0.2) is 5.65 Å². The molecule has 0 radical (unpaired) electrons. The average molecular weight is 417 g/mol. The molecule has 0 saturated carbocycles. The van der Waals surface area contributed by atoms with Gasteiger partial charge >= 0.3 is 0 Å². The molecule has 0 bridgehead atoms. The Morgan fingerprint density at radius 2 is 1.71 bits per heavy atom. The largest absolute Gasteiger partial charge is 0.324 e. The van der Waals surface area contributed by atoms with Gasteiger partial charge in [-0.05, 0) is 69.5 Å². The number of halogens is 1. The Morgan fingerprint density at radius 3 is 2.42 bits per heavy atom. The van der Waals surface area contributed by atoms with Crippen LogP contribution < -0.4 is 5.32 Å². The maximum absolute atomic E-state index is 13.8. The molecule has 1 N–H and O–H groups in total. The minimum Gasteiger partial charge on any atom is -0.324 e. The number of para-hydroxylation sites is 1. The van der Waals surface area contributed by atoms with Crippen LogP contribution in [0, 0.1) is 33.5 Å². The molecule has 0 aliphatic carbocycles. The molecule has 4 aromatic rings. The van der Waals surface area contributed by atoms with Crippen molar-refractivity contribution in [2.45, 2.75) is 40.5 Å². The number of hydrogen-bond acceptors (Lipinski definition) is 3. The summed E-state index contributed by atoms with van der Waals surface area (Å²) in [6.07, 6.45) is 0.768. The number of pyridine rings is 1. The molecule has 1 amide bonds. The second-order valence-corrected chi connectivity index (χ2v) is 7.86. The van der Waals surface area contributed by atoms with E-state index in [1.807, 2.05) is 30.7 Å². The van der Waals surface area contributed by atoms with E-state index in [-0.39, 0.29) is 18.0 Å². The van der Waals surface area contributed by atoms with Crippen molar-refractivity contribution in [2.24, 2.45) is 0 Å². The number of nitrogens with zero attached hydrogens (tertiary/aromatic N) is 3. The predicted octanol–water partition coefficient (Wildman–Crippen LogP) is 5.36. The highest BCUT2D eigenvalue weighted by Crippen LogP contribution is 2.28. The lowest BCUT2D eigenvalue weighted by Crippen LogP contribution is -2.14. The lowest BCUT2D eigenvalue weighted by molar-refractivity contribution is -0.116.